The molecule has 0 atom stereocenters. The molecule has 1 aliphatic heterocycles. The molecule has 0 aliphatic carbocycles. The molecular formula is C30H36N2O2S. The van der Waals surface area contributed by atoms with Gasteiger partial charge in [0, 0.05) is 42.2 Å². The minimum Gasteiger partial charge on any atom is -0.508 e. The maximum atomic E-state index is 13.2. The first-order valence-electron chi connectivity index (χ1n) is 12.5. The Kier molecular flexibility index (Phi) is 8.09. The number of rotatable bonds is 7. The van der Waals surface area contributed by atoms with Crippen molar-refractivity contribution in [1.82, 2.24) is 9.80 Å². The number of piperidine rings is 1. The Morgan fingerprint density at radius 3 is 2.14 bits per heavy atom. The number of aromatic hydroxyl groups is 1. The molecule has 1 amide bonds. The van der Waals surface area contributed by atoms with Crippen LogP contribution in [0.4, 0.5) is 0 Å². The Morgan fingerprint density at radius 1 is 0.914 bits per heavy atom. The molecular weight excluding hydrogens is 452 g/mol. The zero-order chi connectivity index (χ0) is 24.9. The van der Waals surface area contributed by atoms with Crippen LogP contribution < -0.4 is 0 Å². The van der Waals surface area contributed by atoms with E-state index in [0.29, 0.717) is 5.56 Å². The minimum absolute atomic E-state index is 0.0648. The van der Waals surface area contributed by atoms with Crippen molar-refractivity contribution >= 4 is 22.8 Å². The van der Waals surface area contributed by atoms with Crippen LogP contribution >= 0.6 is 11.3 Å². The standard InChI is InChI=1S/C30H36N2O2S/c1-21(2)32(22(3)4)30(34)25-12-10-23(11-13-25)29(26-7-5-8-27(33)19-26)24-14-16-31(17-15-24)20-28-9-6-18-35-28/h5-13,18-19,21-22,33H,14-17,20H2,1-4H3. The predicted octanol–water partition coefficient (Wildman–Crippen LogP) is 6.81. The number of amides is 1. The second kappa shape index (κ2) is 11.2. The van der Waals surface area contributed by atoms with Crippen molar-refractivity contribution in [2.45, 2.75) is 59.2 Å². The summed E-state index contributed by atoms with van der Waals surface area (Å²) in [6.45, 7) is 11.3. The molecule has 4 rings (SSSR count). The lowest BCUT2D eigenvalue weighted by Gasteiger charge is -2.31. The SMILES string of the molecule is CC(C)N(C(=O)c1ccc(C(=C2CCN(Cc3cccs3)CC2)c2cccc(O)c2)cc1)C(C)C. The third kappa shape index (κ3) is 6.03. The summed E-state index contributed by atoms with van der Waals surface area (Å²) in [7, 11) is 0. The lowest BCUT2D eigenvalue weighted by molar-refractivity contribution is 0.0643. The number of phenols is 1. The van der Waals surface area contributed by atoms with Crippen molar-refractivity contribution in [1.29, 1.82) is 0 Å². The first kappa shape index (κ1) is 25.2. The molecule has 1 fully saturated rings. The van der Waals surface area contributed by atoms with Crippen molar-refractivity contribution in [2.75, 3.05) is 13.1 Å². The topological polar surface area (TPSA) is 43.8 Å². The number of nitrogens with zero attached hydrogens (tertiary/aromatic N) is 2. The highest BCUT2D eigenvalue weighted by molar-refractivity contribution is 7.09. The highest BCUT2D eigenvalue weighted by Gasteiger charge is 2.23. The number of thiophene rings is 1. The molecule has 1 N–H and O–H groups in total. The smallest absolute Gasteiger partial charge is 0.254 e. The Morgan fingerprint density at radius 2 is 1.57 bits per heavy atom. The van der Waals surface area contributed by atoms with E-state index in [4.69, 9.17) is 0 Å². The van der Waals surface area contributed by atoms with Gasteiger partial charge in [0.15, 0.2) is 0 Å². The maximum Gasteiger partial charge on any atom is 0.254 e. The number of likely N-dealkylation sites (tertiary alicyclic amines) is 1. The highest BCUT2D eigenvalue weighted by Crippen LogP contribution is 2.34. The number of hydrogen-bond donors (Lipinski definition) is 1. The van der Waals surface area contributed by atoms with Gasteiger partial charge in [0.25, 0.3) is 5.91 Å². The fraction of sp³-hybridized carbons (Fsp3) is 0.367. The van der Waals surface area contributed by atoms with E-state index in [9.17, 15) is 9.90 Å². The molecule has 2 aromatic carbocycles. The Hall–Kier alpha value is -2.89. The van der Waals surface area contributed by atoms with Gasteiger partial charge in [-0.15, -0.1) is 11.3 Å². The van der Waals surface area contributed by atoms with Crippen molar-refractivity contribution in [2.24, 2.45) is 0 Å². The summed E-state index contributed by atoms with van der Waals surface area (Å²) in [5.74, 6) is 0.335. The van der Waals surface area contributed by atoms with Gasteiger partial charge >= 0.3 is 0 Å². The van der Waals surface area contributed by atoms with Gasteiger partial charge in [-0.25, -0.2) is 0 Å². The van der Waals surface area contributed by atoms with Crippen molar-refractivity contribution < 1.29 is 9.90 Å². The van der Waals surface area contributed by atoms with Crippen LogP contribution in [0, 0.1) is 0 Å². The van der Waals surface area contributed by atoms with Crippen LogP contribution in [-0.4, -0.2) is 46.0 Å². The molecule has 0 unspecified atom stereocenters. The van der Waals surface area contributed by atoms with Crippen LogP contribution in [0.25, 0.3) is 5.57 Å². The fourth-order valence-corrected chi connectivity index (χ4v) is 5.83. The Labute approximate surface area is 213 Å². The van der Waals surface area contributed by atoms with Crippen LogP contribution in [0.2, 0.25) is 0 Å². The second-order valence-corrected chi connectivity index (χ2v) is 10.9. The fourth-order valence-electron chi connectivity index (χ4n) is 5.08. The van der Waals surface area contributed by atoms with Crippen molar-refractivity contribution in [3.63, 3.8) is 0 Å². The Bertz CT molecular complexity index is 1150. The first-order valence-corrected chi connectivity index (χ1v) is 13.4. The molecule has 0 saturated carbocycles. The molecule has 35 heavy (non-hydrogen) atoms. The lowest BCUT2D eigenvalue weighted by Crippen LogP contribution is -2.42. The van der Waals surface area contributed by atoms with Gasteiger partial charge in [-0.2, -0.15) is 0 Å². The van der Waals surface area contributed by atoms with Crippen LogP contribution in [0.3, 0.4) is 0 Å². The average Bonchev–Trinajstić information content (AvgIpc) is 3.33. The Balaban J connectivity index is 1.62. The molecule has 2 heterocycles. The second-order valence-electron chi connectivity index (χ2n) is 9.86. The third-order valence-corrected chi connectivity index (χ3v) is 7.54. The molecule has 4 nitrogen and oxygen atoms in total. The van der Waals surface area contributed by atoms with Gasteiger partial charge in [-0.3, -0.25) is 9.69 Å². The summed E-state index contributed by atoms with van der Waals surface area (Å²) in [5, 5.41) is 12.3. The molecule has 1 aliphatic rings. The number of hydrogen-bond acceptors (Lipinski definition) is 4. The van der Waals surface area contributed by atoms with E-state index < -0.39 is 0 Å². The van der Waals surface area contributed by atoms with Gasteiger partial charge in [0.2, 0.25) is 0 Å². The molecule has 3 aromatic rings. The highest BCUT2D eigenvalue weighted by atomic mass is 32.1. The van der Waals surface area contributed by atoms with Crippen LogP contribution in [0.5, 0.6) is 5.75 Å². The molecule has 1 saturated heterocycles. The monoisotopic (exact) mass is 488 g/mol. The van der Waals surface area contributed by atoms with Crippen LogP contribution in [0.15, 0.2) is 71.6 Å². The summed E-state index contributed by atoms with van der Waals surface area (Å²) in [6, 6.07) is 20.2. The zero-order valence-corrected chi connectivity index (χ0v) is 22.0. The molecule has 0 radical (unpaired) electrons. The number of benzene rings is 2. The number of carbonyl (C=O) groups excluding carboxylic acids is 1. The summed E-state index contributed by atoms with van der Waals surface area (Å²) in [6.07, 6.45) is 1.98. The maximum absolute atomic E-state index is 13.2. The van der Waals surface area contributed by atoms with Gasteiger partial charge in [-0.05, 0) is 92.9 Å². The summed E-state index contributed by atoms with van der Waals surface area (Å²) >= 11 is 1.82. The van der Waals surface area contributed by atoms with E-state index in [1.165, 1.54) is 16.0 Å². The molecule has 184 valence electrons. The average molecular weight is 489 g/mol. The number of carbonyl (C=O) groups is 1. The predicted molar refractivity (Wildman–Crippen MR) is 146 cm³/mol. The molecule has 1 aromatic heterocycles. The quantitative estimate of drug-likeness (QED) is 0.397. The van der Waals surface area contributed by atoms with Gasteiger partial charge in [0.05, 0.1) is 0 Å². The summed E-state index contributed by atoms with van der Waals surface area (Å²) in [5.41, 5.74) is 5.41. The van der Waals surface area contributed by atoms with E-state index in [2.05, 4.69) is 68.3 Å². The number of phenolic OH excluding ortho intramolecular Hbond substituents is 1. The van der Waals surface area contributed by atoms with Crippen LogP contribution in [-0.2, 0) is 6.54 Å². The van der Waals surface area contributed by atoms with Crippen molar-refractivity contribution in [3.05, 3.63) is 93.2 Å². The van der Waals surface area contributed by atoms with Crippen LogP contribution in [0.1, 0.15) is 66.9 Å². The van der Waals surface area contributed by atoms with E-state index in [-0.39, 0.29) is 23.7 Å². The van der Waals surface area contributed by atoms with Gasteiger partial charge in [0.1, 0.15) is 5.75 Å². The van der Waals surface area contributed by atoms with E-state index in [1.54, 1.807) is 6.07 Å². The van der Waals surface area contributed by atoms with E-state index in [1.807, 2.05) is 40.5 Å². The van der Waals surface area contributed by atoms with Gasteiger partial charge in [-0.1, -0.05) is 35.9 Å². The third-order valence-electron chi connectivity index (χ3n) is 6.68. The minimum atomic E-state index is 0.0648. The summed E-state index contributed by atoms with van der Waals surface area (Å²) in [4.78, 5) is 19.0. The lowest BCUT2D eigenvalue weighted by atomic mass is 9.88. The molecule has 0 bridgehead atoms. The van der Waals surface area contributed by atoms with E-state index in [0.717, 1.165) is 43.6 Å². The van der Waals surface area contributed by atoms with Gasteiger partial charge < -0.3 is 10.0 Å². The molecule has 0 spiro atoms. The first-order chi connectivity index (χ1) is 16.8. The van der Waals surface area contributed by atoms with Crippen molar-refractivity contribution in [3.8, 4) is 5.75 Å². The summed E-state index contributed by atoms with van der Waals surface area (Å²) < 4.78 is 0. The van der Waals surface area contributed by atoms with E-state index >= 15 is 0 Å². The normalized spacial score (nSPS) is 14.5. The molecule has 5 heteroatoms. The zero-order valence-electron chi connectivity index (χ0n) is 21.2. The largest absolute Gasteiger partial charge is 0.508 e.